The van der Waals surface area contributed by atoms with E-state index in [2.05, 4.69) is 16.0 Å². The van der Waals surface area contributed by atoms with Crippen LogP contribution in [-0.4, -0.2) is 27.5 Å². The number of rotatable bonds is 4. The van der Waals surface area contributed by atoms with Gasteiger partial charge in [0.1, 0.15) is 6.04 Å². The lowest BCUT2D eigenvalue weighted by Crippen LogP contribution is -2.41. The number of aromatic nitrogens is 1. The molecule has 1 atom stereocenters. The molecule has 1 saturated heterocycles. The standard InChI is InChI=1S/C21H18Cl2N4O4/c22-15-5-4-12(8-16(15)23)25-21(31)24-9-11-2-1-3-13-14(11)10-27(20(13)30)17-6-7-18(28)26-19(17)29/h1-5,8,10,17,30H,6-7,9H2,(H2,24,25,31)(H,26,28,29). The minimum Gasteiger partial charge on any atom is -0.494 e. The number of hydrogen-bond acceptors (Lipinski definition) is 4. The molecule has 10 heteroatoms. The second-order valence-electron chi connectivity index (χ2n) is 7.14. The second-order valence-corrected chi connectivity index (χ2v) is 7.96. The molecular formula is C21H18Cl2N4O4. The maximum atomic E-state index is 12.3. The number of carbonyl (C=O) groups excluding carboxylic acids is 3. The molecule has 2 aromatic carbocycles. The fourth-order valence-corrected chi connectivity index (χ4v) is 3.86. The van der Waals surface area contributed by atoms with E-state index in [1.54, 1.807) is 36.5 Å². The Hall–Kier alpha value is -3.23. The summed E-state index contributed by atoms with van der Waals surface area (Å²) >= 11 is 11.8. The topological polar surface area (TPSA) is 112 Å². The first-order chi connectivity index (χ1) is 14.8. The van der Waals surface area contributed by atoms with E-state index in [0.29, 0.717) is 32.9 Å². The van der Waals surface area contributed by atoms with E-state index in [1.807, 2.05) is 6.07 Å². The van der Waals surface area contributed by atoms with Crippen LogP contribution >= 0.6 is 23.2 Å². The Morgan fingerprint density at radius 1 is 1.16 bits per heavy atom. The van der Waals surface area contributed by atoms with Gasteiger partial charge in [-0.25, -0.2) is 4.79 Å². The maximum absolute atomic E-state index is 12.3. The van der Waals surface area contributed by atoms with Gasteiger partial charge in [-0.05, 0) is 36.2 Å². The van der Waals surface area contributed by atoms with Crippen molar-refractivity contribution in [2.45, 2.75) is 25.4 Å². The van der Waals surface area contributed by atoms with Crippen LogP contribution in [0.4, 0.5) is 10.5 Å². The number of imide groups is 1. The van der Waals surface area contributed by atoms with Crippen LogP contribution < -0.4 is 16.0 Å². The molecule has 4 rings (SSSR count). The van der Waals surface area contributed by atoms with Crippen molar-refractivity contribution in [1.82, 2.24) is 15.2 Å². The first-order valence-corrected chi connectivity index (χ1v) is 10.2. The summed E-state index contributed by atoms with van der Waals surface area (Å²) in [4.78, 5) is 35.9. The highest BCUT2D eigenvalue weighted by Gasteiger charge is 2.30. The lowest BCUT2D eigenvalue weighted by Gasteiger charge is -2.22. The summed E-state index contributed by atoms with van der Waals surface area (Å²) in [5.41, 5.74) is 1.25. The highest BCUT2D eigenvalue weighted by molar-refractivity contribution is 6.42. The minimum atomic E-state index is -0.677. The van der Waals surface area contributed by atoms with Gasteiger partial charge in [-0.15, -0.1) is 0 Å². The van der Waals surface area contributed by atoms with Gasteiger partial charge < -0.3 is 20.3 Å². The monoisotopic (exact) mass is 460 g/mol. The van der Waals surface area contributed by atoms with E-state index in [9.17, 15) is 19.5 Å². The molecular weight excluding hydrogens is 443 g/mol. The Balaban J connectivity index is 1.51. The van der Waals surface area contributed by atoms with Crippen LogP contribution in [0.5, 0.6) is 5.88 Å². The Morgan fingerprint density at radius 2 is 1.97 bits per heavy atom. The zero-order chi connectivity index (χ0) is 22.1. The SMILES string of the molecule is O=C1CCC(n2cc3c(CNC(=O)Nc4ccc(Cl)c(Cl)c4)cccc3c2O)C(=O)N1. The van der Waals surface area contributed by atoms with Gasteiger partial charge in [-0.3, -0.25) is 14.9 Å². The number of hydrogen-bond donors (Lipinski definition) is 4. The van der Waals surface area contributed by atoms with Gasteiger partial charge in [0, 0.05) is 35.6 Å². The highest BCUT2D eigenvalue weighted by atomic mass is 35.5. The normalized spacial score (nSPS) is 16.3. The zero-order valence-electron chi connectivity index (χ0n) is 16.1. The molecule has 31 heavy (non-hydrogen) atoms. The molecule has 0 bridgehead atoms. The summed E-state index contributed by atoms with van der Waals surface area (Å²) in [6.07, 6.45) is 2.17. The number of piperidine rings is 1. The average Bonchev–Trinajstić information content (AvgIpc) is 3.06. The Kier molecular flexibility index (Phi) is 5.75. The van der Waals surface area contributed by atoms with Crippen molar-refractivity contribution in [3.63, 3.8) is 0 Å². The van der Waals surface area contributed by atoms with E-state index in [1.165, 1.54) is 4.57 Å². The smallest absolute Gasteiger partial charge is 0.319 e. The van der Waals surface area contributed by atoms with Crippen molar-refractivity contribution < 1.29 is 19.5 Å². The summed E-state index contributed by atoms with van der Waals surface area (Å²) in [5.74, 6) is -0.838. The molecule has 1 aromatic heterocycles. The number of nitrogens with one attached hydrogen (secondary N) is 3. The Bertz CT molecular complexity index is 1210. The third-order valence-corrected chi connectivity index (χ3v) is 5.85. The Labute approximate surface area is 187 Å². The van der Waals surface area contributed by atoms with Gasteiger partial charge in [-0.2, -0.15) is 0 Å². The van der Waals surface area contributed by atoms with E-state index in [-0.39, 0.29) is 24.8 Å². The van der Waals surface area contributed by atoms with Crippen LogP contribution in [0.2, 0.25) is 10.0 Å². The molecule has 0 spiro atoms. The van der Waals surface area contributed by atoms with Crippen LogP contribution in [0.25, 0.3) is 10.8 Å². The quantitative estimate of drug-likeness (QED) is 0.441. The predicted octanol–water partition coefficient (Wildman–Crippen LogP) is 3.95. The van der Waals surface area contributed by atoms with Crippen LogP contribution in [0, 0.1) is 0 Å². The molecule has 0 radical (unpaired) electrons. The first kappa shape index (κ1) is 21.0. The average molecular weight is 461 g/mol. The van der Waals surface area contributed by atoms with Crippen molar-refractivity contribution in [3.8, 4) is 5.88 Å². The van der Waals surface area contributed by atoms with Crippen molar-refractivity contribution in [2.24, 2.45) is 0 Å². The fourth-order valence-electron chi connectivity index (χ4n) is 3.56. The van der Waals surface area contributed by atoms with Crippen molar-refractivity contribution in [3.05, 3.63) is 58.2 Å². The fraction of sp³-hybridized carbons (Fsp3) is 0.190. The number of halogens is 2. The number of benzene rings is 2. The molecule has 0 aliphatic carbocycles. The molecule has 1 aliphatic heterocycles. The number of nitrogens with zero attached hydrogens (tertiary/aromatic N) is 1. The van der Waals surface area contributed by atoms with Crippen LogP contribution in [0.15, 0.2) is 42.6 Å². The van der Waals surface area contributed by atoms with Crippen LogP contribution in [0.1, 0.15) is 24.4 Å². The molecule has 160 valence electrons. The summed E-state index contributed by atoms with van der Waals surface area (Å²) in [7, 11) is 0. The number of fused-ring (bicyclic) bond motifs is 1. The molecule has 1 aliphatic rings. The molecule has 0 saturated carbocycles. The number of anilines is 1. The van der Waals surface area contributed by atoms with E-state index in [4.69, 9.17) is 23.2 Å². The van der Waals surface area contributed by atoms with Crippen LogP contribution in [0.3, 0.4) is 0 Å². The maximum Gasteiger partial charge on any atom is 0.319 e. The predicted molar refractivity (Wildman–Crippen MR) is 117 cm³/mol. The second kappa shape index (κ2) is 8.49. The number of aromatic hydroxyl groups is 1. The number of urea groups is 1. The summed E-state index contributed by atoms with van der Waals surface area (Å²) in [6.45, 7) is 0.184. The molecule has 2 heterocycles. The lowest BCUT2D eigenvalue weighted by molar-refractivity contribution is -0.135. The van der Waals surface area contributed by atoms with Gasteiger partial charge in [0.25, 0.3) is 0 Å². The van der Waals surface area contributed by atoms with Crippen LogP contribution in [-0.2, 0) is 16.1 Å². The van der Waals surface area contributed by atoms with E-state index < -0.39 is 18.0 Å². The van der Waals surface area contributed by atoms with Gasteiger partial charge in [-0.1, -0.05) is 35.3 Å². The third kappa shape index (κ3) is 4.30. The summed E-state index contributed by atoms with van der Waals surface area (Å²) in [5, 5.41) is 20.3. The Morgan fingerprint density at radius 3 is 2.71 bits per heavy atom. The lowest BCUT2D eigenvalue weighted by atomic mass is 10.1. The van der Waals surface area contributed by atoms with Gasteiger partial charge in [0.2, 0.25) is 11.8 Å². The van der Waals surface area contributed by atoms with E-state index >= 15 is 0 Å². The molecule has 8 nitrogen and oxygen atoms in total. The van der Waals surface area contributed by atoms with Crippen molar-refractivity contribution in [2.75, 3.05) is 5.32 Å². The largest absolute Gasteiger partial charge is 0.494 e. The number of amides is 4. The molecule has 3 aromatic rings. The van der Waals surface area contributed by atoms with Crippen molar-refractivity contribution >= 4 is 57.5 Å². The minimum absolute atomic E-state index is 0.0633. The first-order valence-electron chi connectivity index (χ1n) is 9.48. The molecule has 4 N–H and O–H groups in total. The molecule has 4 amide bonds. The van der Waals surface area contributed by atoms with Crippen molar-refractivity contribution in [1.29, 1.82) is 0 Å². The summed E-state index contributed by atoms with van der Waals surface area (Å²) in [6, 6.07) is 8.94. The van der Waals surface area contributed by atoms with Gasteiger partial charge in [0.05, 0.1) is 10.0 Å². The van der Waals surface area contributed by atoms with Gasteiger partial charge >= 0.3 is 6.03 Å². The van der Waals surface area contributed by atoms with E-state index in [0.717, 1.165) is 5.56 Å². The molecule has 1 fully saturated rings. The molecule has 1 unspecified atom stereocenters. The highest BCUT2D eigenvalue weighted by Crippen LogP contribution is 2.34. The zero-order valence-corrected chi connectivity index (χ0v) is 17.6. The summed E-state index contributed by atoms with van der Waals surface area (Å²) < 4.78 is 1.46. The number of carbonyl (C=O) groups is 3. The third-order valence-electron chi connectivity index (χ3n) is 5.11. The van der Waals surface area contributed by atoms with Gasteiger partial charge in [0.15, 0.2) is 5.88 Å².